The number of rotatable bonds is 3. The number of hydrogen-bond acceptors (Lipinski definition) is 4. The number of nitrogens with zero attached hydrogens (tertiary/aromatic N) is 2. The van der Waals surface area contributed by atoms with Crippen LogP contribution >= 0.6 is 0 Å². The summed E-state index contributed by atoms with van der Waals surface area (Å²) < 4.78 is 0. The van der Waals surface area contributed by atoms with Crippen molar-refractivity contribution < 1.29 is 4.79 Å². The normalized spacial score (nSPS) is 23.9. The summed E-state index contributed by atoms with van der Waals surface area (Å²) in [5.74, 6) is 0.203. The Morgan fingerprint density at radius 1 is 1.37 bits per heavy atom. The monoisotopic (exact) mass is 255 g/mol. The minimum atomic E-state index is -0.368. The highest BCUT2D eigenvalue weighted by Gasteiger charge is 2.48. The Morgan fingerprint density at radius 3 is 2.63 bits per heavy atom. The van der Waals surface area contributed by atoms with Gasteiger partial charge in [0.05, 0.1) is 11.6 Å². The minimum absolute atomic E-state index is 0.177. The van der Waals surface area contributed by atoms with Gasteiger partial charge in [0.1, 0.15) is 5.84 Å². The SMILES string of the molecule is CC1(C(=O)C2C=CN(c3ccccc3)N=C2N)CC1. The zero-order chi connectivity index (χ0) is 13.5. The van der Waals surface area contributed by atoms with Crippen LogP contribution in [0.15, 0.2) is 47.7 Å². The number of nitrogens with two attached hydrogens (primary N) is 1. The zero-order valence-electron chi connectivity index (χ0n) is 10.9. The van der Waals surface area contributed by atoms with E-state index in [0.29, 0.717) is 5.84 Å². The van der Waals surface area contributed by atoms with Crippen molar-refractivity contribution in [2.24, 2.45) is 22.2 Å². The van der Waals surface area contributed by atoms with Gasteiger partial charge in [-0.2, -0.15) is 5.10 Å². The molecule has 0 amide bonds. The second kappa shape index (κ2) is 4.23. The van der Waals surface area contributed by atoms with Gasteiger partial charge in [0.15, 0.2) is 5.78 Å². The first kappa shape index (κ1) is 12.0. The molecule has 2 N–H and O–H groups in total. The third-order valence-corrected chi connectivity index (χ3v) is 3.86. The van der Waals surface area contributed by atoms with Crippen LogP contribution in [0.25, 0.3) is 0 Å². The Morgan fingerprint density at radius 2 is 2.05 bits per heavy atom. The molecule has 19 heavy (non-hydrogen) atoms. The molecule has 1 heterocycles. The molecule has 1 aliphatic heterocycles. The van der Waals surface area contributed by atoms with Crippen molar-refractivity contribution in [3.8, 4) is 0 Å². The lowest BCUT2D eigenvalue weighted by atomic mass is 9.90. The first-order valence-corrected chi connectivity index (χ1v) is 6.51. The molecule has 2 aliphatic rings. The largest absolute Gasteiger partial charge is 0.385 e. The van der Waals surface area contributed by atoms with Crippen LogP contribution in [-0.2, 0) is 4.79 Å². The van der Waals surface area contributed by atoms with E-state index in [1.165, 1.54) is 0 Å². The summed E-state index contributed by atoms with van der Waals surface area (Å²) >= 11 is 0. The molecule has 1 saturated carbocycles. The molecule has 0 aromatic heterocycles. The van der Waals surface area contributed by atoms with Gasteiger partial charge in [-0.3, -0.25) is 4.79 Å². The molecule has 4 nitrogen and oxygen atoms in total. The van der Waals surface area contributed by atoms with Gasteiger partial charge in [-0.15, -0.1) is 0 Å². The third-order valence-electron chi connectivity index (χ3n) is 3.86. The van der Waals surface area contributed by atoms with Crippen LogP contribution in [0.4, 0.5) is 5.69 Å². The number of hydrogen-bond donors (Lipinski definition) is 1. The lowest BCUT2D eigenvalue weighted by molar-refractivity contribution is -0.124. The molecule has 3 rings (SSSR count). The highest BCUT2D eigenvalue weighted by molar-refractivity contribution is 6.09. The van der Waals surface area contributed by atoms with Crippen LogP contribution in [0.1, 0.15) is 19.8 Å². The van der Waals surface area contributed by atoms with Crippen LogP contribution in [0, 0.1) is 11.3 Å². The molecule has 4 heteroatoms. The molecular weight excluding hydrogens is 238 g/mol. The molecule has 1 aliphatic carbocycles. The number of benzene rings is 1. The van der Waals surface area contributed by atoms with E-state index in [0.717, 1.165) is 18.5 Å². The molecular formula is C15H17N3O. The van der Waals surface area contributed by atoms with Crippen molar-refractivity contribution in [2.75, 3.05) is 5.01 Å². The molecule has 0 bridgehead atoms. The second-order valence-electron chi connectivity index (χ2n) is 5.45. The fourth-order valence-electron chi connectivity index (χ4n) is 2.24. The number of carbonyl (C=O) groups excluding carboxylic acids is 1. The highest BCUT2D eigenvalue weighted by atomic mass is 16.1. The predicted molar refractivity (Wildman–Crippen MR) is 75.5 cm³/mol. The molecule has 1 fully saturated rings. The maximum absolute atomic E-state index is 12.3. The number of amidine groups is 1. The van der Waals surface area contributed by atoms with E-state index in [1.54, 1.807) is 5.01 Å². The number of Topliss-reactive ketones (excluding diaryl/α,β-unsaturated/α-hetero) is 1. The number of anilines is 1. The summed E-state index contributed by atoms with van der Waals surface area (Å²) in [5.41, 5.74) is 6.73. The predicted octanol–water partition coefficient (Wildman–Crippen LogP) is 2.28. The van der Waals surface area contributed by atoms with Crippen molar-refractivity contribution in [3.63, 3.8) is 0 Å². The van der Waals surface area contributed by atoms with Gasteiger partial charge in [-0.25, -0.2) is 5.01 Å². The Labute approximate surface area is 112 Å². The van der Waals surface area contributed by atoms with Crippen LogP contribution in [0.5, 0.6) is 0 Å². The third kappa shape index (κ3) is 2.14. The average Bonchev–Trinajstić information content (AvgIpc) is 3.18. The van der Waals surface area contributed by atoms with Crippen molar-refractivity contribution in [1.82, 2.24) is 0 Å². The number of hydrazone groups is 1. The Bertz CT molecular complexity index is 558. The van der Waals surface area contributed by atoms with Crippen molar-refractivity contribution in [1.29, 1.82) is 0 Å². The second-order valence-corrected chi connectivity index (χ2v) is 5.45. The molecule has 1 unspecified atom stereocenters. The summed E-state index contributed by atoms with van der Waals surface area (Å²) in [6.45, 7) is 2.00. The van der Waals surface area contributed by atoms with Gasteiger partial charge >= 0.3 is 0 Å². The Balaban J connectivity index is 1.81. The van der Waals surface area contributed by atoms with E-state index in [4.69, 9.17) is 5.73 Å². The Hall–Kier alpha value is -2.10. The summed E-state index contributed by atoms with van der Waals surface area (Å²) in [6.07, 6.45) is 5.60. The molecule has 0 spiro atoms. The first-order valence-electron chi connectivity index (χ1n) is 6.51. The van der Waals surface area contributed by atoms with Crippen molar-refractivity contribution in [3.05, 3.63) is 42.6 Å². The zero-order valence-corrected chi connectivity index (χ0v) is 10.9. The summed E-state index contributed by atoms with van der Waals surface area (Å²) in [7, 11) is 0. The Kier molecular flexibility index (Phi) is 2.66. The van der Waals surface area contributed by atoms with E-state index in [-0.39, 0.29) is 17.1 Å². The van der Waals surface area contributed by atoms with Gasteiger partial charge < -0.3 is 5.73 Å². The quantitative estimate of drug-likeness (QED) is 0.901. The molecule has 1 aromatic carbocycles. The molecule has 0 radical (unpaired) electrons. The number of ketones is 1. The van der Waals surface area contributed by atoms with E-state index in [1.807, 2.05) is 49.5 Å². The van der Waals surface area contributed by atoms with Crippen molar-refractivity contribution in [2.45, 2.75) is 19.8 Å². The van der Waals surface area contributed by atoms with E-state index >= 15 is 0 Å². The van der Waals surface area contributed by atoms with Gasteiger partial charge in [0, 0.05) is 11.6 Å². The van der Waals surface area contributed by atoms with Crippen LogP contribution in [-0.4, -0.2) is 11.6 Å². The maximum Gasteiger partial charge on any atom is 0.153 e. The van der Waals surface area contributed by atoms with Gasteiger partial charge in [-0.1, -0.05) is 25.1 Å². The van der Waals surface area contributed by atoms with Gasteiger partial charge in [-0.05, 0) is 31.1 Å². The van der Waals surface area contributed by atoms with E-state index < -0.39 is 0 Å². The topological polar surface area (TPSA) is 58.7 Å². The summed E-state index contributed by atoms with van der Waals surface area (Å²) in [6, 6.07) is 9.73. The van der Waals surface area contributed by atoms with Gasteiger partial charge in [0.25, 0.3) is 0 Å². The van der Waals surface area contributed by atoms with Crippen molar-refractivity contribution >= 4 is 17.3 Å². The smallest absolute Gasteiger partial charge is 0.153 e. The standard InChI is InChI=1S/C15H17N3O/c1-15(8-9-15)13(19)12-7-10-18(17-14(12)16)11-5-3-2-4-6-11/h2-7,10,12H,8-9H2,1H3,(H2,16,17). The summed E-state index contributed by atoms with van der Waals surface area (Å²) in [5, 5.41) is 6.02. The average molecular weight is 255 g/mol. The van der Waals surface area contributed by atoms with Gasteiger partial charge in [0.2, 0.25) is 0 Å². The highest BCUT2D eigenvalue weighted by Crippen LogP contribution is 2.47. The van der Waals surface area contributed by atoms with Crippen LogP contribution in [0.3, 0.4) is 0 Å². The fourth-order valence-corrected chi connectivity index (χ4v) is 2.24. The van der Waals surface area contributed by atoms with Crippen LogP contribution in [0.2, 0.25) is 0 Å². The van der Waals surface area contributed by atoms with Crippen LogP contribution < -0.4 is 10.7 Å². The minimum Gasteiger partial charge on any atom is -0.385 e. The van der Waals surface area contributed by atoms with E-state index in [2.05, 4.69) is 5.10 Å². The van der Waals surface area contributed by atoms with E-state index in [9.17, 15) is 4.79 Å². The number of carbonyl (C=O) groups is 1. The molecule has 0 saturated heterocycles. The first-order chi connectivity index (χ1) is 9.10. The maximum atomic E-state index is 12.3. The molecule has 98 valence electrons. The summed E-state index contributed by atoms with van der Waals surface area (Å²) in [4.78, 5) is 12.3. The lowest BCUT2D eigenvalue weighted by Crippen LogP contribution is -2.37. The lowest BCUT2D eigenvalue weighted by Gasteiger charge is -2.24. The number of para-hydroxylation sites is 1. The fraction of sp³-hybridized carbons (Fsp3) is 0.333. The molecule has 1 atom stereocenters. The molecule has 1 aromatic rings.